The van der Waals surface area contributed by atoms with Gasteiger partial charge in [0, 0.05) is 36.6 Å². The Morgan fingerprint density at radius 1 is 0.427 bits per heavy atom. The lowest BCUT2D eigenvalue weighted by Gasteiger charge is -2.12. The molecule has 3 aromatic heterocycles. The van der Waals surface area contributed by atoms with Crippen molar-refractivity contribution >= 4 is 153 Å². The van der Waals surface area contributed by atoms with Crippen LogP contribution < -0.4 is 52.8 Å². The molecule has 1 aliphatic heterocycles. The Kier molecular flexibility index (Phi) is 38.5. The largest absolute Gasteiger partial charge is 0.497 e. The maximum atomic E-state index is 13.3. The van der Waals surface area contributed by atoms with E-state index < -0.39 is 53.7 Å². The second-order valence-corrected chi connectivity index (χ2v) is 36.0. The van der Waals surface area contributed by atoms with Gasteiger partial charge < -0.3 is 66.3 Å². The third-order valence-corrected chi connectivity index (χ3v) is 26.6. The van der Waals surface area contributed by atoms with Crippen LogP contribution in [0.15, 0.2) is 293 Å². The SMILES string of the molecule is C=CC(=O)OCCCCCCOc1ccc(C(=O)Oc2ccc(-c3ccc(OCC)cc3)c(/C=N/Nc3nc4ccccc4s3)c2)cc1.C=CC(=O)OCCCOc1ccc(C(=O)Oc2ccc(OC(=O)c3ccc(OC)cc3)c3nc(-c4nc5cccc(C)c5s4)sc23)cc1.[C-]#[N+]/C(C(=O)OCC)=C1/Sc2c(OC(=O)c3ccc(CCC)cc3)ccc(OC(=O)c3ccc(OCCCOC(=O)C=C)cc3)c2S1. The number of hydrogen-bond donors (Lipinski definition) is 1. The molecule has 0 radical (unpaired) electrons. The number of esters is 9. The number of methoxy groups -OCH3 is 1. The minimum atomic E-state index is -0.783. The van der Waals surface area contributed by atoms with Crippen molar-refractivity contribution in [2.45, 2.75) is 88.9 Å². The molecule has 14 aromatic rings. The van der Waals surface area contributed by atoms with Gasteiger partial charge in [-0.3, -0.25) is 10.2 Å². The zero-order valence-electron chi connectivity index (χ0n) is 78.4. The zero-order chi connectivity index (χ0) is 101. The molecular weight excluding hydrogens is 1920 g/mol. The van der Waals surface area contributed by atoms with Crippen LogP contribution in [-0.2, 0) is 44.5 Å². The molecule has 0 spiro atoms. The average molecular weight is 2020 g/mol. The Bertz CT molecular complexity index is 7000. The number of rotatable bonds is 43. The third-order valence-electron chi connectivity index (χ3n) is 20.6. The number of fused-ring (bicyclic) bond motifs is 4. The molecule has 34 heteroatoms. The molecule has 0 unspecified atom stereocenters. The van der Waals surface area contributed by atoms with Crippen molar-refractivity contribution in [2.75, 3.05) is 65.4 Å². The molecule has 0 amide bonds. The highest BCUT2D eigenvalue weighted by molar-refractivity contribution is 8.24. The Morgan fingerprint density at radius 3 is 1.40 bits per heavy atom. The Labute approximate surface area is 844 Å². The summed E-state index contributed by atoms with van der Waals surface area (Å²) in [6.07, 6.45) is 11.5. The molecule has 143 heavy (non-hydrogen) atoms. The fraction of sp³-hybridized carbons (Fsp3) is 0.193. The molecule has 1 aliphatic rings. The van der Waals surface area contributed by atoms with Gasteiger partial charge in [-0.1, -0.05) is 123 Å². The number of carbonyl (C=O) groups excluding carboxylic acids is 9. The summed E-state index contributed by atoms with van der Waals surface area (Å²) < 4.78 is 79.7. The van der Waals surface area contributed by atoms with Crippen molar-refractivity contribution in [3.63, 3.8) is 0 Å². The summed E-state index contributed by atoms with van der Waals surface area (Å²) in [5.41, 5.74) is 11.4. The highest BCUT2D eigenvalue weighted by Crippen LogP contribution is 2.59. The van der Waals surface area contributed by atoms with Gasteiger partial charge in [0.2, 0.25) is 5.13 Å². The zero-order valence-corrected chi connectivity index (χ0v) is 82.4. The number of aryl methyl sites for hydroxylation is 2. The lowest BCUT2D eigenvalue weighted by molar-refractivity contribution is -0.139. The second-order valence-electron chi connectivity index (χ2n) is 30.6. The molecule has 29 nitrogen and oxygen atoms in total. The normalized spacial score (nSPS) is 11.5. The summed E-state index contributed by atoms with van der Waals surface area (Å²) in [6.45, 7) is 28.0. The van der Waals surface area contributed by atoms with Gasteiger partial charge in [0.05, 0.1) is 135 Å². The first-order chi connectivity index (χ1) is 69.6. The van der Waals surface area contributed by atoms with Crippen LogP contribution in [0.1, 0.15) is 134 Å². The summed E-state index contributed by atoms with van der Waals surface area (Å²) in [7, 11) is 1.55. The highest BCUT2D eigenvalue weighted by Gasteiger charge is 2.34. The number of thiazole rings is 3. The van der Waals surface area contributed by atoms with Gasteiger partial charge in [-0.15, -0.1) is 22.7 Å². The van der Waals surface area contributed by atoms with Crippen LogP contribution in [0.5, 0.6) is 57.5 Å². The fourth-order valence-corrected chi connectivity index (χ4v) is 19.0. The standard InChI is InChI=1S/C38H37N3O6S.C36H28N2O8S2.C35H31NO9S2/c1-3-36(42)46-24-10-6-5-9-23-45-31-19-15-28(16-20-31)37(43)47-32-21-22-33(27-13-17-30(18-14-27)44-4-2)29(25-32)26-39-41-38-40-34-11-7-8-12-35(34)48-38;1-4-29(39)44-20-6-19-43-25-15-11-23(12-16-25)36(41)46-28-18-17-27(45-35(40)22-9-13-24(42-3)14-10-22)30-32(28)48-34(38-30)33-37-26-8-5-7-21(2)31(26)47-33;1-5-9-22-10-12-23(13-11-22)32(38)44-26-18-19-27(31-30(26)46-35(47-31)29(36-4)34(40)41-7-3)45-33(39)24-14-16-25(17-15-24)42-20-8-21-43-28(37)6-2/h3,7-8,11-22,25-26H,1,4-6,9-10,23-24H2,2H3,(H,40,41);4-5,7-18H,1,6,19-20H2,2-3H3;6,10-19H,2,5,7-9,20-21H2,1,3H3/b39-26+;;35-29-. The molecule has 0 bridgehead atoms. The van der Waals surface area contributed by atoms with E-state index in [9.17, 15) is 43.2 Å². The van der Waals surface area contributed by atoms with Crippen LogP contribution in [0.3, 0.4) is 0 Å². The number of carbonyl (C=O) groups is 9. The van der Waals surface area contributed by atoms with Crippen molar-refractivity contribution in [1.82, 2.24) is 15.0 Å². The third kappa shape index (κ3) is 29.5. The van der Waals surface area contributed by atoms with E-state index in [2.05, 4.69) is 47.0 Å². The van der Waals surface area contributed by atoms with E-state index in [0.717, 1.165) is 128 Å². The van der Waals surface area contributed by atoms with Crippen LogP contribution in [0.25, 0.3) is 56.6 Å². The first-order valence-electron chi connectivity index (χ1n) is 45.2. The number of hydrogen-bond acceptors (Lipinski definition) is 33. The van der Waals surface area contributed by atoms with E-state index in [0.29, 0.717) is 136 Å². The number of thioether (sulfide) groups is 2. The minimum absolute atomic E-state index is 0.0885. The van der Waals surface area contributed by atoms with Crippen molar-refractivity contribution in [1.29, 1.82) is 0 Å². The second kappa shape index (κ2) is 52.8. The number of hydrazone groups is 1. The summed E-state index contributed by atoms with van der Waals surface area (Å²) in [6, 6.07) is 66.7. The van der Waals surface area contributed by atoms with Crippen molar-refractivity contribution < 1.29 is 109 Å². The molecule has 0 saturated carbocycles. The van der Waals surface area contributed by atoms with Gasteiger partial charge in [-0.25, -0.2) is 58.2 Å². The molecule has 11 aromatic carbocycles. The smallest absolute Gasteiger partial charge is 0.343 e. The van der Waals surface area contributed by atoms with Crippen LogP contribution in [-0.4, -0.2) is 135 Å². The number of ether oxygens (including phenoxy) is 14. The molecule has 1 N–H and O–H groups in total. The van der Waals surface area contributed by atoms with Crippen LogP contribution in [0, 0.1) is 13.5 Å². The quantitative estimate of drug-likeness (QED) is 0.00542. The highest BCUT2D eigenvalue weighted by atomic mass is 32.2. The monoisotopic (exact) mass is 2020 g/mol. The maximum absolute atomic E-state index is 13.3. The average Bonchev–Trinajstić information content (AvgIpc) is 1.60. The van der Waals surface area contributed by atoms with Gasteiger partial charge in [0.25, 0.3) is 5.70 Å². The van der Waals surface area contributed by atoms with Gasteiger partial charge in [0.15, 0.2) is 21.5 Å². The number of aromatic nitrogens is 3. The minimum Gasteiger partial charge on any atom is -0.497 e. The maximum Gasteiger partial charge on any atom is 0.343 e. The molecule has 0 aliphatic carbocycles. The van der Waals surface area contributed by atoms with Crippen LogP contribution in [0.2, 0.25) is 0 Å². The lowest BCUT2D eigenvalue weighted by Crippen LogP contribution is -2.11. The number of benzene rings is 11. The number of anilines is 1. The van der Waals surface area contributed by atoms with E-state index >= 15 is 0 Å². The molecule has 730 valence electrons. The first kappa shape index (κ1) is 104. The summed E-state index contributed by atoms with van der Waals surface area (Å²) in [5.74, 6) is -0.733. The predicted molar refractivity (Wildman–Crippen MR) is 550 cm³/mol. The number of unbranched alkanes of at least 4 members (excludes halogenated alkanes) is 3. The van der Waals surface area contributed by atoms with Crippen molar-refractivity contribution in [3.8, 4) is 78.6 Å². The van der Waals surface area contributed by atoms with Gasteiger partial charge in [-0.05, 0) is 251 Å². The van der Waals surface area contributed by atoms with E-state index in [1.165, 1.54) is 52.2 Å². The van der Waals surface area contributed by atoms with Crippen LogP contribution in [0.4, 0.5) is 5.13 Å². The first-order valence-corrected chi connectivity index (χ1v) is 49.2. The van der Waals surface area contributed by atoms with Gasteiger partial charge in [-0.2, -0.15) is 5.10 Å². The summed E-state index contributed by atoms with van der Waals surface area (Å²) in [5, 5.41) is 6.42. The molecule has 0 saturated heterocycles. The Morgan fingerprint density at radius 2 is 0.881 bits per heavy atom. The Hall–Kier alpha value is -16.1. The van der Waals surface area contributed by atoms with Crippen LogP contribution >= 0.6 is 57.5 Å². The van der Waals surface area contributed by atoms with Gasteiger partial charge in [0.1, 0.15) is 56.2 Å². The molecule has 0 atom stereocenters. The van der Waals surface area contributed by atoms with Crippen molar-refractivity contribution in [2.24, 2.45) is 5.10 Å². The predicted octanol–water partition coefficient (Wildman–Crippen LogP) is 23.9. The molecule has 0 fully saturated rings. The molecule has 15 rings (SSSR count). The van der Waals surface area contributed by atoms with E-state index in [-0.39, 0.29) is 54.1 Å². The summed E-state index contributed by atoms with van der Waals surface area (Å²) >= 11 is 6.43. The number of nitrogens with one attached hydrogen (secondary N) is 1. The number of nitrogens with zero attached hydrogens (tertiary/aromatic N) is 5. The van der Waals surface area contributed by atoms with E-state index in [1.807, 2.05) is 98.8 Å². The van der Waals surface area contributed by atoms with E-state index in [1.54, 1.807) is 154 Å². The lowest BCUT2D eigenvalue weighted by atomic mass is 10.00. The van der Waals surface area contributed by atoms with E-state index in [4.69, 9.17) is 82.9 Å². The topological polar surface area (TPSA) is 350 Å². The van der Waals surface area contributed by atoms with Gasteiger partial charge >= 0.3 is 53.7 Å². The molecular formula is C109H96N6O23S5. The number of para-hydroxylation sites is 1. The Balaban J connectivity index is 0.000000180. The van der Waals surface area contributed by atoms with Crippen molar-refractivity contribution in [3.05, 3.63) is 334 Å². The fourth-order valence-electron chi connectivity index (χ4n) is 13.5. The molecule has 4 heterocycles. The summed E-state index contributed by atoms with van der Waals surface area (Å²) in [4.78, 5) is 130.